The van der Waals surface area contributed by atoms with Crippen molar-refractivity contribution in [1.82, 2.24) is 9.88 Å². The molecule has 0 aliphatic carbocycles. The van der Waals surface area contributed by atoms with Gasteiger partial charge in [-0.1, -0.05) is 41.4 Å². The number of nitrogens with one attached hydrogen (secondary N) is 1. The van der Waals surface area contributed by atoms with E-state index in [1.54, 1.807) is 16.7 Å². The molecule has 24 heavy (non-hydrogen) atoms. The van der Waals surface area contributed by atoms with Gasteiger partial charge in [0, 0.05) is 18.6 Å². The second-order valence-electron chi connectivity index (χ2n) is 6.17. The Morgan fingerprint density at radius 2 is 1.88 bits per heavy atom. The fourth-order valence-electron chi connectivity index (χ4n) is 2.69. The molecule has 0 saturated heterocycles. The van der Waals surface area contributed by atoms with Crippen LogP contribution in [0.3, 0.4) is 0 Å². The lowest BCUT2D eigenvalue weighted by molar-refractivity contribution is 0.385. The smallest absolute Gasteiger partial charge is 0.408 e. The first-order valence-electron chi connectivity index (χ1n) is 7.67. The predicted octanol–water partition coefficient (Wildman–Crippen LogP) is 4.43. The Balaban J connectivity index is 1.74. The van der Waals surface area contributed by atoms with Gasteiger partial charge >= 0.3 is 5.76 Å². The maximum atomic E-state index is 12.0. The van der Waals surface area contributed by atoms with Crippen molar-refractivity contribution >= 4 is 34.3 Å². The van der Waals surface area contributed by atoms with E-state index in [-0.39, 0.29) is 11.3 Å². The average molecular weight is 365 g/mol. The normalized spacial score (nSPS) is 12.0. The molecule has 2 aromatic carbocycles. The van der Waals surface area contributed by atoms with Crippen molar-refractivity contribution in [2.45, 2.75) is 25.9 Å². The minimum Gasteiger partial charge on any atom is -0.408 e. The van der Waals surface area contributed by atoms with Crippen LogP contribution in [0, 0.1) is 0 Å². The molecule has 1 aromatic heterocycles. The van der Waals surface area contributed by atoms with E-state index < -0.39 is 0 Å². The summed E-state index contributed by atoms with van der Waals surface area (Å²) in [6.45, 7) is 5.24. The summed E-state index contributed by atoms with van der Waals surface area (Å²) in [5.74, 6) is -0.342. The summed E-state index contributed by atoms with van der Waals surface area (Å²) in [6.07, 6.45) is 0. The van der Waals surface area contributed by atoms with Crippen LogP contribution in [-0.4, -0.2) is 11.1 Å². The number of halogens is 2. The van der Waals surface area contributed by atoms with Crippen LogP contribution >= 0.6 is 23.2 Å². The number of hydrogen-bond acceptors (Lipinski definition) is 3. The molecule has 0 atom stereocenters. The SMILES string of the molecule is CC(C)(NCCn1c(=O)oc2ccccc21)c1ccc(Cl)c(Cl)c1. The Bertz CT molecular complexity index is 928. The molecule has 0 fully saturated rings. The lowest BCUT2D eigenvalue weighted by atomic mass is 9.94. The minimum absolute atomic E-state index is 0.308. The molecular weight excluding hydrogens is 347 g/mol. The zero-order valence-electron chi connectivity index (χ0n) is 13.5. The fraction of sp³-hybridized carbons (Fsp3) is 0.278. The van der Waals surface area contributed by atoms with Crippen molar-refractivity contribution in [2.75, 3.05) is 6.54 Å². The minimum atomic E-state index is -0.342. The summed E-state index contributed by atoms with van der Waals surface area (Å²) in [7, 11) is 0. The summed E-state index contributed by atoms with van der Waals surface area (Å²) in [4.78, 5) is 12.0. The van der Waals surface area contributed by atoms with Crippen LogP contribution in [0.5, 0.6) is 0 Å². The van der Waals surface area contributed by atoms with Gasteiger partial charge in [-0.25, -0.2) is 4.79 Å². The van der Waals surface area contributed by atoms with Crippen molar-refractivity contribution < 1.29 is 4.42 Å². The molecule has 0 unspecified atom stereocenters. The summed E-state index contributed by atoms with van der Waals surface area (Å²) in [5, 5.41) is 4.51. The van der Waals surface area contributed by atoms with Gasteiger partial charge in [-0.3, -0.25) is 4.57 Å². The maximum absolute atomic E-state index is 12.0. The first-order chi connectivity index (χ1) is 11.4. The lowest BCUT2D eigenvalue weighted by Crippen LogP contribution is -2.39. The molecule has 3 rings (SSSR count). The molecule has 0 aliphatic heterocycles. The van der Waals surface area contributed by atoms with Crippen molar-refractivity contribution in [3.05, 3.63) is 68.6 Å². The lowest BCUT2D eigenvalue weighted by Gasteiger charge is -2.27. The molecule has 3 aromatic rings. The van der Waals surface area contributed by atoms with Gasteiger partial charge in [0.25, 0.3) is 0 Å². The highest BCUT2D eigenvalue weighted by atomic mass is 35.5. The summed E-state index contributed by atoms with van der Waals surface area (Å²) < 4.78 is 6.87. The van der Waals surface area contributed by atoms with Crippen molar-refractivity contribution in [3.8, 4) is 0 Å². The van der Waals surface area contributed by atoms with Crippen molar-refractivity contribution in [1.29, 1.82) is 0 Å². The Morgan fingerprint density at radius 1 is 1.12 bits per heavy atom. The molecule has 0 saturated carbocycles. The van der Waals surface area contributed by atoms with Gasteiger partial charge in [-0.05, 0) is 43.7 Å². The number of oxazole rings is 1. The van der Waals surface area contributed by atoms with E-state index in [0.29, 0.717) is 28.7 Å². The standard InChI is InChI=1S/C18H18Cl2N2O2/c1-18(2,12-7-8-13(19)14(20)11-12)21-9-10-22-15-5-3-4-6-16(15)24-17(22)23/h3-8,11,21H,9-10H2,1-2H3. The van der Waals surface area contributed by atoms with E-state index >= 15 is 0 Å². The largest absolute Gasteiger partial charge is 0.419 e. The predicted molar refractivity (Wildman–Crippen MR) is 98.0 cm³/mol. The summed E-state index contributed by atoms with van der Waals surface area (Å²) >= 11 is 12.1. The van der Waals surface area contributed by atoms with Gasteiger partial charge in [0.05, 0.1) is 15.6 Å². The van der Waals surface area contributed by atoms with E-state index in [4.69, 9.17) is 27.6 Å². The Kier molecular flexibility index (Phi) is 4.72. The van der Waals surface area contributed by atoms with Crippen LogP contribution in [0.1, 0.15) is 19.4 Å². The average Bonchev–Trinajstić information content (AvgIpc) is 2.86. The topological polar surface area (TPSA) is 47.2 Å². The first kappa shape index (κ1) is 17.1. The number of aromatic nitrogens is 1. The molecule has 0 spiro atoms. The van der Waals surface area contributed by atoms with Crippen LogP contribution < -0.4 is 11.1 Å². The number of nitrogens with zero attached hydrogens (tertiary/aromatic N) is 1. The molecular formula is C18H18Cl2N2O2. The van der Waals surface area contributed by atoms with Gasteiger partial charge < -0.3 is 9.73 Å². The van der Waals surface area contributed by atoms with E-state index in [1.807, 2.05) is 30.3 Å². The zero-order chi connectivity index (χ0) is 17.3. The summed E-state index contributed by atoms with van der Waals surface area (Å²) in [6, 6.07) is 13.0. The number of hydrogen-bond donors (Lipinski definition) is 1. The third kappa shape index (κ3) is 3.36. The van der Waals surface area contributed by atoms with E-state index in [2.05, 4.69) is 19.2 Å². The Morgan fingerprint density at radius 3 is 2.62 bits per heavy atom. The van der Waals surface area contributed by atoms with Gasteiger partial charge in [0.15, 0.2) is 5.58 Å². The summed E-state index contributed by atoms with van der Waals surface area (Å²) in [5.41, 5.74) is 2.13. The molecule has 6 heteroatoms. The van der Waals surface area contributed by atoms with Crippen molar-refractivity contribution in [2.24, 2.45) is 0 Å². The molecule has 4 nitrogen and oxygen atoms in total. The van der Waals surface area contributed by atoms with E-state index in [9.17, 15) is 4.79 Å². The number of benzene rings is 2. The molecule has 1 heterocycles. The van der Waals surface area contributed by atoms with E-state index in [0.717, 1.165) is 11.1 Å². The zero-order valence-corrected chi connectivity index (χ0v) is 15.0. The van der Waals surface area contributed by atoms with E-state index in [1.165, 1.54) is 0 Å². The fourth-order valence-corrected chi connectivity index (χ4v) is 2.99. The maximum Gasteiger partial charge on any atom is 0.419 e. The number of rotatable bonds is 5. The van der Waals surface area contributed by atoms with Crippen LogP contribution in [0.25, 0.3) is 11.1 Å². The molecule has 0 radical (unpaired) electrons. The molecule has 0 bridgehead atoms. The Labute approximate surface area is 150 Å². The number of para-hydroxylation sites is 2. The highest BCUT2D eigenvalue weighted by Crippen LogP contribution is 2.28. The molecule has 126 valence electrons. The van der Waals surface area contributed by atoms with Gasteiger partial charge in [-0.15, -0.1) is 0 Å². The monoisotopic (exact) mass is 364 g/mol. The Hall–Kier alpha value is -1.75. The first-order valence-corrected chi connectivity index (χ1v) is 8.43. The van der Waals surface area contributed by atoms with Crippen LogP contribution in [0.2, 0.25) is 10.0 Å². The second-order valence-corrected chi connectivity index (χ2v) is 6.98. The van der Waals surface area contributed by atoms with Crippen molar-refractivity contribution in [3.63, 3.8) is 0 Å². The molecule has 0 amide bonds. The third-order valence-electron chi connectivity index (χ3n) is 4.12. The molecule has 1 N–H and O–H groups in total. The van der Waals surface area contributed by atoms with Gasteiger partial charge in [0.2, 0.25) is 0 Å². The van der Waals surface area contributed by atoms with Gasteiger partial charge in [0.1, 0.15) is 0 Å². The quantitative estimate of drug-likeness (QED) is 0.728. The number of fused-ring (bicyclic) bond motifs is 1. The highest BCUT2D eigenvalue weighted by molar-refractivity contribution is 6.42. The van der Waals surface area contributed by atoms with Crippen LogP contribution in [0.15, 0.2) is 51.7 Å². The van der Waals surface area contributed by atoms with Crippen LogP contribution in [-0.2, 0) is 12.1 Å². The third-order valence-corrected chi connectivity index (χ3v) is 4.86. The van der Waals surface area contributed by atoms with Gasteiger partial charge in [-0.2, -0.15) is 0 Å². The molecule has 0 aliphatic rings. The van der Waals surface area contributed by atoms with Crippen LogP contribution in [0.4, 0.5) is 0 Å². The second kappa shape index (κ2) is 6.63. The highest BCUT2D eigenvalue weighted by Gasteiger charge is 2.20.